The predicted molar refractivity (Wildman–Crippen MR) is 93.1 cm³/mol. The van der Waals surface area contributed by atoms with Crippen LogP contribution in [-0.4, -0.2) is 40.7 Å². The minimum atomic E-state index is -0.472. The Labute approximate surface area is 147 Å². The number of phenolic OH excluding ortho intramolecular Hbond substituents is 1. The lowest BCUT2D eigenvalue weighted by Crippen LogP contribution is -2.26. The SMILES string of the molecule is Oc1ccc(CCN2CC3CC(Oc4ccc(F)nc4)CC3C2)cc1. The number of aromatic hydroxyl groups is 1. The van der Waals surface area contributed by atoms with Crippen LogP contribution in [0.3, 0.4) is 0 Å². The van der Waals surface area contributed by atoms with Crippen molar-refractivity contribution in [1.29, 1.82) is 0 Å². The van der Waals surface area contributed by atoms with E-state index in [1.165, 1.54) is 17.8 Å². The molecule has 1 aliphatic carbocycles. The van der Waals surface area contributed by atoms with Crippen LogP contribution in [-0.2, 0) is 6.42 Å². The van der Waals surface area contributed by atoms with Gasteiger partial charge in [-0.05, 0) is 60.9 Å². The topological polar surface area (TPSA) is 45.6 Å². The molecule has 2 atom stereocenters. The van der Waals surface area contributed by atoms with Gasteiger partial charge in [-0.2, -0.15) is 4.39 Å². The quantitative estimate of drug-likeness (QED) is 0.847. The first-order chi connectivity index (χ1) is 12.2. The van der Waals surface area contributed by atoms with Gasteiger partial charge < -0.3 is 14.7 Å². The van der Waals surface area contributed by atoms with Crippen LogP contribution in [0.25, 0.3) is 0 Å². The summed E-state index contributed by atoms with van der Waals surface area (Å²) >= 11 is 0. The fourth-order valence-electron chi connectivity index (χ4n) is 4.19. The zero-order valence-electron chi connectivity index (χ0n) is 14.1. The lowest BCUT2D eigenvalue weighted by atomic mass is 10.0. The van der Waals surface area contributed by atoms with Crippen LogP contribution in [0.2, 0.25) is 0 Å². The standard InChI is InChI=1S/C20H23FN2O2/c21-20-6-5-18(11-22-20)25-19-9-15-12-23(13-16(15)10-19)8-7-14-1-3-17(24)4-2-14/h1-6,11,15-16,19,24H,7-10,12-13H2. The van der Waals surface area contributed by atoms with Crippen LogP contribution in [0.5, 0.6) is 11.5 Å². The van der Waals surface area contributed by atoms with E-state index in [4.69, 9.17) is 4.74 Å². The molecule has 1 aliphatic heterocycles. The Kier molecular flexibility index (Phi) is 4.57. The summed E-state index contributed by atoms with van der Waals surface area (Å²) in [4.78, 5) is 6.19. The van der Waals surface area contributed by atoms with E-state index in [2.05, 4.69) is 9.88 Å². The van der Waals surface area contributed by atoms with Gasteiger partial charge in [-0.3, -0.25) is 0 Å². The van der Waals surface area contributed by atoms with E-state index in [1.807, 2.05) is 12.1 Å². The molecule has 1 aromatic carbocycles. The van der Waals surface area contributed by atoms with Gasteiger partial charge in [0.1, 0.15) is 11.5 Å². The first-order valence-corrected chi connectivity index (χ1v) is 8.94. The summed E-state index contributed by atoms with van der Waals surface area (Å²) in [7, 11) is 0. The van der Waals surface area contributed by atoms with Gasteiger partial charge in [0.15, 0.2) is 0 Å². The van der Waals surface area contributed by atoms with E-state index < -0.39 is 5.95 Å². The van der Waals surface area contributed by atoms with Crippen molar-refractivity contribution in [3.63, 3.8) is 0 Å². The van der Waals surface area contributed by atoms with Crippen molar-refractivity contribution < 1.29 is 14.2 Å². The average molecular weight is 342 g/mol. The molecule has 4 rings (SSSR count). The Bertz CT molecular complexity index is 691. The number of rotatable bonds is 5. The number of ether oxygens (including phenoxy) is 1. The van der Waals surface area contributed by atoms with Crippen molar-refractivity contribution in [2.24, 2.45) is 11.8 Å². The summed E-state index contributed by atoms with van der Waals surface area (Å²) < 4.78 is 18.8. The molecule has 1 saturated carbocycles. The molecule has 2 aliphatic rings. The molecule has 2 aromatic rings. The molecular formula is C20H23FN2O2. The third-order valence-electron chi connectivity index (χ3n) is 5.44. The highest BCUT2D eigenvalue weighted by atomic mass is 19.1. The summed E-state index contributed by atoms with van der Waals surface area (Å²) in [6, 6.07) is 10.5. The molecule has 1 saturated heterocycles. The average Bonchev–Trinajstić information content (AvgIpc) is 3.14. The molecule has 1 N–H and O–H groups in total. The van der Waals surface area contributed by atoms with Crippen molar-refractivity contribution >= 4 is 0 Å². The zero-order valence-corrected chi connectivity index (χ0v) is 14.1. The fourth-order valence-corrected chi connectivity index (χ4v) is 4.19. The number of pyridine rings is 1. The van der Waals surface area contributed by atoms with Gasteiger partial charge in [-0.25, -0.2) is 4.98 Å². The first-order valence-electron chi connectivity index (χ1n) is 8.94. The van der Waals surface area contributed by atoms with Gasteiger partial charge >= 0.3 is 0 Å². The molecule has 5 heteroatoms. The molecular weight excluding hydrogens is 319 g/mol. The van der Waals surface area contributed by atoms with Crippen LogP contribution < -0.4 is 4.74 Å². The summed E-state index contributed by atoms with van der Waals surface area (Å²) in [5, 5.41) is 9.34. The summed E-state index contributed by atoms with van der Waals surface area (Å²) in [6.45, 7) is 3.32. The molecule has 0 radical (unpaired) electrons. The number of halogens is 1. The van der Waals surface area contributed by atoms with E-state index in [0.717, 1.165) is 38.9 Å². The second-order valence-electron chi connectivity index (χ2n) is 7.22. The minimum absolute atomic E-state index is 0.224. The molecule has 0 spiro atoms. The fraction of sp³-hybridized carbons (Fsp3) is 0.450. The van der Waals surface area contributed by atoms with E-state index in [9.17, 15) is 9.50 Å². The van der Waals surface area contributed by atoms with Gasteiger partial charge in [-0.15, -0.1) is 0 Å². The number of hydrogen-bond donors (Lipinski definition) is 1. The monoisotopic (exact) mass is 342 g/mol. The van der Waals surface area contributed by atoms with Crippen LogP contribution >= 0.6 is 0 Å². The largest absolute Gasteiger partial charge is 0.508 e. The Morgan fingerprint density at radius 2 is 1.80 bits per heavy atom. The molecule has 2 heterocycles. The Balaban J connectivity index is 1.24. The van der Waals surface area contributed by atoms with Crippen LogP contribution in [0.4, 0.5) is 4.39 Å². The van der Waals surface area contributed by atoms with E-state index in [0.29, 0.717) is 23.3 Å². The second-order valence-corrected chi connectivity index (χ2v) is 7.22. The maximum absolute atomic E-state index is 12.9. The Morgan fingerprint density at radius 1 is 1.08 bits per heavy atom. The van der Waals surface area contributed by atoms with Gasteiger partial charge in [0.05, 0.1) is 12.3 Å². The van der Waals surface area contributed by atoms with Crippen molar-refractivity contribution in [1.82, 2.24) is 9.88 Å². The lowest BCUT2D eigenvalue weighted by Gasteiger charge is -2.19. The molecule has 132 valence electrons. The lowest BCUT2D eigenvalue weighted by molar-refractivity contribution is 0.185. The molecule has 2 unspecified atom stereocenters. The van der Waals surface area contributed by atoms with Crippen molar-refractivity contribution in [2.75, 3.05) is 19.6 Å². The summed E-state index contributed by atoms with van der Waals surface area (Å²) in [5.41, 5.74) is 1.26. The Morgan fingerprint density at radius 3 is 2.44 bits per heavy atom. The number of aromatic nitrogens is 1. The molecule has 0 bridgehead atoms. The first kappa shape index (κ1) is 16.3. The van der Waals surface area contributed by atoms with Gasteiger partial charge in [-0.1, -0.05) is 12.1 Å². The van der Waals surface area contributed by atoms with Gasteiger partial charge in [0.2, 0.25) is 5.95 Å². The normalized spacial score (nSPS) is 25.9. The summed E-state index contributed by atoms with van der Waals surface area (Å²) in [5.74, 6) is 1.90. The maximum Gasteiger partial charge on any atom is 0.213 e. The molecule has 1 aromatic heterocycles. The molecule has 25 heavy (non-hydrogen) atoms. The van der Waals surface area contributed by atoms with Gasteiger partial charge in [0, 0.05) is 19.6 Å². The number of nitrogens with zero attached hydrogens (tertiary/aromatic N) is 2. The summed E-state index contributed by atoms with van der Waals surface area (Å²) in [6.07, 6.45) is 4.84. The third kappa shape index (κ3) is 3.93. The molecule has 2 fully saturated rings. The maximum atomic E-state index is 12.9. The van der Waals surface area contributed by atoms with Crippen LogP contribution in [0.15, 0.2) is 42.6 Å². The van der Waals surface area contributed by atoms with Crippen molar-refractivity contribution in [2.45, 2.75) is 25.4 Å². The van der Waals surface area contributed by atoms with E-state index >= 15 is 0 Å². The highest BCUT2D eigenvalue weighted by Crippen LogP contribution is 2.39. The zero-order chi connectivity index (χ0) is 17.2. The third-order valence-corrected chi connectivity index (χ3v) is 5.44. The van der Waals surface area contributed by atoms with E-state index in [-0.39, 0.29) is 6.10 Å². The number of hydrogen-bond acceptors (Lipinski definition) is 4. The van der Waals surface area contributed by atoms with E-state index in [1.54, 1.807) is 18.2 Å². The number of likely N-dealkylation sites (tertiary alicyclic amines) is 1. The number of fused-ring (bicyclic) bond motifs is 1. The van der Waals surface area contributed by atoms with Crippen LogP contribution in [0.1, 0.15) is 18.4 Å². The minimum Gasteiger partial charge on any atom is -0.508 e. The highest BCUT2D eigenvalue weighted by Gasteiger charge is 2.41. The highest BCUT2D eigenvalue weighted by molar-refractivity contribution is 5.26. The number of benzene rings is 1. The smallest absolute Gasteiger partial charge is 0.213 e. The van der Waals surface area contributed by atoms with Crippen molar-refractivity contribution in [3.8, 4) is 11.5 Å². The van der Waals surface area contributed by atoms with Crippen molar-refractivity contribution in [3.05, 3.63) is 54.1 Å². The Hall–Kier alpha value is -2.14. The van der Waals surface area contributed by atoms with Crippen LogP contribution in [0, 0.1) is 17.8 Å². The predicted octanol–water partition coefficient (Wildman–Crippen LogP) is 3.26. The van der Waals surface area contributed by atoms with Gasteiger partial charge in [0.25, 0.3) is 0 Å². The molecule has 4 nitrogen and oxygen atoms in total. The molecule has 0 amide bonds. The second kappa shape index (κ2) is 7.00. The number of phenols is 1.